The van der Waals surface area contributed by atoms with Crippen LogP contribution in [0, 0.1) is 12.8 Å². The minimum absolute atomic E-state index is 0.0832. The molecule has 6 heteroatoms. The maximum Gasteiger partial charge on any atom is 0.312 e. The molecule has 0 spiro atoms. The summed E-state index contributed by atoms with van der Waals surface area (Å²) in [5.74, 6) is 0.338. The molecule has 0 aromatic heterocycles. The van der Waals surface area contributed by atoms with Gasteiger partial charge < -0.3 is 21.3 Å². The minimum Gasteiger partial charge on any atom is -0.371 e. The normalized spacial score (nSPS) is 17.2. The molecule has 1 saturated heterocycles. The van der Waals surface area contributed by atoms with Gasteiger partial charge in [0, 0.05) is 25.3 Å². The largest absolute Gasteiger partial charge is 0.371 e. The van der Waals surface area contributed by atoms with Crippen LogP contribution in [0.2, 0.25) is 0 Å². The number of nitrogens with zero attached hydrogens (tertiary/aromatic N) is 1. The maximum atomic E-state index is 12.5. The van der Waals surface area contributed by atoms with Crippen molar-refractivity contribution in [2.75, 3.05) is 24.5 Å². The third kappa shape index (κ3) is 5.25. The second kappa shape index (κ2) is 9.26. The van der Waals surface area contributed by atoms with Crippen molar-refractivity contribution in [1.82, 2.24) is 10.6 Å². The summed E-state index contributed by atoms with van der Waals surface area (Å²) in [6, 6.07) is 17.0. The molecule has 6 nitrogen and oxygen atoms in total. The Morgan fingerprint density at radius 1 is 1.14 bits per heavy atom. The lowest BCUT2D eigenvalue weighted by Crippen LogP contribution is -2.38. The number of hydrogen-bond acceptors (Lipinski definition) is 3. The molecule has 0 radical (unpaired) electrons. The number of anilines is 1. The molecule has 1 fully saturated rings. The Bertz CT molecular complexity index is 809. The highest BCUT2D eigenvalue weighted by Crippen LogP contribution is 2.23. The van der Waals surface area contributed by atoms with Gasteiger partial charge in [0.15, 0.2) is 0 Å². The van der Waals surface area contributed by atoms with Gasteiger partial charge in [-0.1, -0.05) is 42.5 Å². The van der Waals surface area contributed by atoms with E-state index in [4.69, 9.17) is 5.73 Å². The van der Waals surface area contributed by atoms with Crippen LogP contribution < -0.4 is 21.3 Å². The van der Waals surface area contributed by atoms with Gasteiger partial charge in [-0.2, -0.15) is 0 Å². The Balaban J connectivity index is 1.52. The first-order chi connectivity index (χ1) is 13.5. The summed E-state index contributed by atoms with van der Waals surface area (Å²) in [7, 11) is 0. The number of urea groups is 1. The third-order valence-electron chi connectivity index (χ3n) is 5.26. The number of para-hydroxylation sites is 1. The van der Waals surface area contributed by atoms with Crippen LogP contribution in [-0.2, 0) is 4.79 Å². The first-order valence-electron chi connectivity index (χ1n) is 9.71. The Hall–Kier alpha value is -3.02. The van der Waals surface area contributed by atoms with Crippen molar-refractivity contribution in [2.24, 2.45) is 11.7 Å². The van der Waals surface area contributed by atoms with Crippen molar-refractivity contribution in [1.29, 1.82) is 0 Å². The Kier molecular flexibility index (Phi) is 6.53. The van der Waals surface area contributed by atoms with Crippen molar-refractivity contribution < 1.29 is 9.59 Å². The van der Waals surface area contributed by atoms with Crippen molar-refractivity contribution in [3.8, 4) is 0 Å². The van der Waals surface area contributed by atoms with Gasteiger partial charge in [-0.05, 0) is 42.5 Å². The van der Waals surface area contributed by atoms with E-state index in [-0.39, 0.29) is 12.3 Å². The molecule has 2 aromatic rings. The fourth-order valence-electron chi connectivity index (χ4n) is 3.78. The van der Waals surface area contributed by atoms with Gasteiger partial charge in [0.25, 0.3) is 0 Å². The lowest BCUT2D eigenvalue weighted by molar-refractivity contribution is -0.121. The van der Waals surface area contributed by atoms with E-state index in [1.807, 2.05) is 49.4 Å². The molecule has 3 rings (SSSR count). The number of nitrogens with two attached hydrogens (primary N) is 1. The predicted octanol–water partition coefficient (Wildman–Crippen LogP) is 2.74. The molecule has 0 unspecified atom stereocenters. The van der Waals surface area contributed by atoms with Crippen LogP contribution in [-0.4, -0.2) is 31.6 Å². The van der Waals surface area contributed by atoms with Crippen LogP contribution >= 0.6 is 0 Å². The predicted molar refractivity (Wildman–Crippen MR) is 111 cm³/mol. The molecular formula is C22H28N4O2. The fraction of sp³-hybridized carbons (Fsp3) is 0.364. The molecule has 3 amide bonds. The highest BCUT2D eigenvalue weighted by atomic mass is 16.2. The van der Waals surface area contributed by atoms with E-state index in [0.29, 0.717) is 12.5 Å². The van der Waals surface area contributed by atoms with Gasteiger partial charge in [0.05, 0.1) is 12.5 Å². The van der Waals surface area contributed by atoms with Crippen molar-refractivity contribution in [3.63, 3.8) is 0 Å². The van der Waals surface area contributed by atoms with Crippen LogP contribution in [0.3, 0.4) is 0 Å². The molecule has 0 saturated carbocycles. The molecule has 2 atom stereocenters. The molecule has 4 N–H and O–H groups in total. The van der Waals surface area contributed by atoms with Crippen LogP contribution in [0.1, 0.15) is 30.0 Å². The van der Waals surface area contributed by atoms with Crippen LogP contribution in [0.4, 0.5) is 10.5 Å². The molecule has 0 bridgehead atoms. The molecule has 28 heavy (non-hydrogen) atoms. The topological polar surface area (TPSA) is 87.5 Å². The van der Waals surface area contributed by atoms with E-state index in [1.54, 1.807) is 0 Å². The number of amides is 3. The van der Waals surface area contributed by atoms with Gasteiger partial charge in [-0.3, -0.25) is 4.79 Å². The Morgan fingerprint density at radius 2 is 1.86 bits per heavy atom. The lowest BCUT2D eigenvalue weighted by Gasteiger charge is -2.21. The average Bonchev–Trinajstić information content (AvgIpc) is 3.16. The summed E-state index contributed by atoms with van der Waals surface area (Å²) in [5.41, 5.74) is 8.46. The minimum atomic E-state index is -0.629. The number of carbonyl (C=O) groups excluding carboxylic acids is 2. The fourth-order valence-corrected chi connectivity index (χ4v) is 3.78. The molecule has 0 aliphatic carbocycles. The van der Waals surface area contributed by atoms with E-state index < -0.39 is 12.1 Å². The second-order valence-electron chi connectivity index (χ2n) is 7.36. The van der Waals surface area contributed by atoms with E-state index >= 15 is 0 Å². The second-order valence-corrected chi connectivity index (χ2v) is 7.36. The quantitative estimate of drug-likeness (QED) is 0.690. The lowest BCUT2D eigenvalue weighted by atomic mass is 9.98. The van der Waals surface area contributed by atoms with Crippen LogP contribution in [0.5, 0.6) is 0 Å². The zero-order chi connectivity index (χ0) is 19.9. The summed E-state index contributed by atoms with van der Waals surface area (Å²) < 4.78 is 0. The number of aryl methyl sites for hydroxylation is 1. The third-order valence-corrected chi connectivity index (χ3v) is 5.26. The van der Waals surface area contributed by atoms with E-state index in [0.717, 1.165) is 30.6 Å². The number of nitrogens with one attached hydrogen (secondary N) is 2. The summed E-state index contributed by atoms with van der Waals surface area (Å²) in [4.78, 5) is 26.2. The Labute approximate surface area is 166 Å². The number of rotatable bonds is 7. The van der Waals surface area contributed by atoms with Crippen LogP contribution in [0.15, 0.2) is 54.6 Å². The zero-order valence-corrected chi connectivity index (χ0v) is 16.2. The van der Waals surface area contributed by atoms with Gasteiger partial charge in [-0.25, -0.2) is 4.79 Å². The summed E-state index contributed by atoms with van der Waals surface area (Å²) in [6.07, 6.45) is 1.22. The first-order valence-corrected chi connectivity index (χ1v) is 9.71. The highest BCUT2D eigenvalue weighted by Gasteiger charge is 2.24. The summed E-state index contributed by atoms with van der Waals surface area (Å²) in [5, 5.41) is 5.73. The zero-order valence-electron chi connectivity index (χ0n) is 16.2. The van der Waals surface area contributed by atoms with Gasteiger partial charge in [-0.15, -0.1) is 0 Å². The number of benzene rings is 2. The van der Waals surface area contributed by atoms with Crippen molar-refractivity contribution in [2.45, 2.75) is 25.8 Å². The summed E-state index contributed by atoms with van der Waals surface area (Å²) >= 11 is 0. The van der Waals surface area contributed by atoms with Gasteiger partial charge in [0.1, 0.15) is 0 Å². The number of primary amides is 1. The van der Waals surface area contributed by atoms with Crippen LogP contribution in [0.25, 0.3) is 0 Å². The maximum absolute atomic E-state index is 12.5. The first kappa shape index (κ1) is 19.7. The van der Waals surface area contributed by atoms with Gasteiger partial charge >= 0.3 is 6.03 Å². The van der Waals surface area contributed by atoms with Gasteiger partial charge in [0.2, 0.25) is 5.91 Å². The van der Waals surface area contributed by atoms with E-state index in [9.17, 15) is 9.59 Å². The average molecular weight is 380 g/mol. The summed E-state index contributed by atoms with van der Waals surface area (Å²) in [6.45, 7) is 4.53. The molecule has 1 heterocycles. The number of hydrogen-bond donors (Lipinski definition) is 3. The van der Waals surface area contributed by atoms with E-state index in [2.05, 4.69) is 27.7 Å². The van der Waals surface area contributed by atoms with E-state index in [1.165, 1.54) is 5.69 Å². The highest BCUT2D eigenvalue weighted by molar-refractivity contribution is 5.79. The molecule has 1 aliphatic heterocycles. The van der Waals surface area contributed by atoms with Crippen molar-refractivity contribution >= 4 is 17.6 Å². The Morgan fingerprint density at radius 3 is 2.57 bits per heavy atom. The molecule has 1 aliphatic rings. The standard InChI is InChI=1S/C22H28N4O2/c1-16-7-5-6-10-19(16)20(25-22(23)28)13-21(27)24-14-17-11-12-26(15-17)18-8-3-2-4-9-18/h2-10,17,20H,11-15H2,1H3,(H,24,27)(H3,23,25,28)/t17-,20-/m0/s1. The monoisotopic (exact) mass is 380 g/mol. The molecular weight excluding hydrogens is 352 g/mol. The molecule has 2 aromatic carbocycles. The SMILES string of the molecule is Cc1ccccc1[C@H](CC(=O)NC[C@@H]1CCN(c2ccccc2)C1)NC(N)=O. The smallest absolute Gasteiger partial charge is 0.312 e. The number of carbonyl (C=O) groups is 2. The molecule has 148 valence electrons. The van der Waals surface area contributed by atoms with Crippen molar-refractivity contribution in [3.05, 3.63) is 65.7 Å².